The average Bonchev–Trinajstić information content (AvgIpc) is 2.93. The number of likely N-dealkylation sites (N-methyl/N-ethyl adjacent to an activating group) is 1. The van der Waals surface area contributed by atoms with Crippen molar-refractivity contribution in [2.24, 2.45) is 4.99 Å². The lowest BCUT2D eigenvalue weighted by Gasteiger charge is -2.25. The molecule has 0 bridgehead atoms. The van der Waals surface area contributed by atoms with Crippen molar-refractivity contribution in [3.8, 4) is 0 Å². The van der Waals surface area contributed by atoms with Crippen LogP contribution >= 0.6 is 11.3 Å². The number of thiazole rings is 1. The number of carbonyl (C=O) groups is 1. The molecule has 0 aromatic carbocycles. The summed E-state index contributed by atoms with van der Waals surface area (Å²) in [4.78, 5) is 21.6. The Morgan fingerprint density at radius 1 is 1.35 bits per heavy atom. The van der Waals surface area contributed by atoms with E-state index in [1.165, 1.54) is 0 Å². The molecule has 1 heterocycles. The van der Waals surface area contributed by atoms with Gasteiger partial charge in [-0.05, 0) is 27.7 Å². The molecule has 148 valence electrons. The zero-order chi connectivity index (χ0) is 20.0. The molecule has 0 radical (unpaired) electrons. The van der Waals surface area contributed by atoms with Crippen molar-refractivity contribution >= 4 is 23.2 Å². The third-order valence-corrected chi connectivity index (χ3v) is 3.93. The van der Waals surface area contributed by atoms with Gasteiger partial charge in [-0.2, -0.15) is 13.2 Å². The molecule has 1 amide bonds. The van der Waals surface area contributed by atoms with E-state index in [9.17, 15) is 18.0 Å². The highest BCUT2D eigenvalue weighted by Gasteiger charge is 2.33. The van der Waals surface area contributed by atoms with Crippen molar-refractivity contribution in [1.82, 2.24) is 20.5 Å². The Morgan fingerprint density at radius 3 is 2.50 bits per heavy atom. The van der Waals surface area contributed by atoms with Crippen LogP contribution in [0, 0.1) is 0 Å². The van der Waals surface area contributed by atoms with Crippen LogP contribution in [0.2, 0.25) is 0 Å². The number of aromatic nitrogens is 1. The number of halogens is 3. The number of hydrogen-bond acceptors (Lipinski definition) is 4. The van der Waals surface area contributed by atoms with Crippen LogP contribution in [0.15, 0.2) is 10.4 Å². The van der Waals surface area contributed by atoms with Crippen LogP contribution in [0.3, 0.4) is 0 Å². The quantitative estimate of drug-likeness (QED) is 0.576. The number of alkyl halides is 3. The highest BCUT2D eigenvalue weighted by molar-refractivity contribution is 7.09. The van der Waals surface area contributed by atoms with Gasteiger partial charge in [0.1, 0.15) is 0 Å². The molecular weight excluding hydrogens is 367 g/mol. The Labute approximate surface area is 155 Å². The maximum Gasteiger partial charge on any atom is 0.434 e. The van der Waals surface area contributed by atoms with Gasteiger partial charge in [0.05, 0.1) is 11.6 Å². The summed E-state index contributed by atoms with van der Waals surface area (Å²) in [5.74, 6) is 0.379. The molecule has 2 N–H and O–H groups in total. The number of guanidine groups is 1. The summed E-state index contributed by atoms with van der Waals surface area (Å²) in [6.45, 7) is 8.60. The lowest BCUT2D eigenvalue weighted by atomic mass is 10.1. The molecule has 0 unspecified atom stereocenters. The van der Waals surface area contributed by atoms with Crippen LogP contribution in [0.1, 0.15) is 38.4 Å². The van der Waals surface area contributed by atoms with E-state index in [0.29, 0.717) is 23.9 Å². The van der Waals surface area contributed by atoms with Gasteiger partial charge in [0.2, 0.25) is 5.91 Å². The third-order valence-electron chi connectivity index (χ3n) is 3.02. The first-order chi connectivity index (χ1) is 11.9. The second-order valence-corrected chi connectivity index (χ2v) is 7.71. The van der Waals surface area contributed by atoms with Crippen molar-refractivity contribution in [2.45, 2.75) is 45.8 Å². The summed E-state index contributed by atoms with van der Waals surface area (Å²) in [6, 6.07) is 0. The molecule has 1 rings (SSSR count). The van der Waals surface area contributed by atoms with E-state index >= 15 is 0 Å². The number of rotatable bonds is 6. The first-order valence-electron chi connectivity index (χ1n) is 8.24. The molecule has 10 heteroatoms. The highest BCUT2D eigenvalue weighted by atomic mass is 32.1. The fourth-order valence-corrected chi connectivity index (χ4v) is 2.83. The lowest BCUT2D eigenvalue weighted by Crippen LogP contribution is -2.48. The first-order valence-corrected chi connectivity index (χ1v) is 9.12. The molecular formula is C16H26F3N5OS. The number of aliphatic imine (C=N–C) groups is 1. The van der Waals surface area contributed by atoms with E-state index < -0.39 is 11.9 Å². The van der Waals surface area contributed by atoms with E-state index in [0.717, 1.165) is 16.7 Å². The minimum atomic E-state index is -4.42. The Kier molecular flexibility index (Phi) is 7.86. The average molecular weight is 393 g/mol. The van der Waals surface area contributed by atoms with Crippen molar-refractivity contribution in [3.05, 3.63) is 16.1 Å². The molecule has 0 aliphatic heterocycles. The monoisotopic (exact) mass is 393 g/mol. The highest BCUT2D eigenvalue weighted by Crippen LogP contribution is 2.30. The fourth-order valence-electron chi connectivity index (χ4n) is 2.03. The summed E-state index contributed by atoms with van der Waals surface area (Å²) in [5.41, 5.74) is -1.20. The molecule has 26 heavy (non-hydrogen) atoms. The van der Waals surface area contributed by atoms with Crippen molar-refractivity contribution in [2.75, 3.05) is 26.7 Å². The standard InChI is InChI=1S/C16H26F3N5OS/c1-6-20-14(24(5)9-12(25)23-15(2,3)4)21-8-7-13-22-11(10-26-13)16(17,18)19/h10H,6-9H2,1-5H3,(H,20,21)(H,23,25). The van der Waals surface area contributed by atoms with Crippen LogP contribution in [0.4, 0.5) is 13.2 Å². The fraction of sp³-hybridized carbons (Fsp3) is 0.688. The van der Waals surface area contributed by atoms with E-state index in [1.807, 2.05) is 27.7 Å². The van der Waals surface area contributed by atoms with Crippen molar-refractivity contribution < 1.29 is 18.0 Å². The second kappa shape index (κ2) is 9.20. The topological polar surface area (TPSA) is 69.6 Å². The Balaban J connectivity index is 2.65. The Hall–Kier alpha value is -1.84. The Bertz CT molecular complexity index is 622. The normalized spacial score (nSPS) is 12.8. The summed E-state index contributed by atoms with van der Waals surface area (Å²) in [6.07, 6.45) is -4.12. The molecule has 0 aliphatic carbocycles. The SMILES string of the molecule is CCNC(=NCCc1nc(C(F)(F)F)cs1)N(C)CC(=O)NC(C)(C)C. The Morgan fingerprint density at radius 2 is 2.00 bits per heavy atom. The van der Waals surface area contributed by atoms with Gasteiger partial charge in [-0.3, -0.25) is 9.79 Å². The molecule has 0 aliphatic rings. The van der Waals surface area contributed by atoms with Crippen LogP contribution in [0.25, 0.3) is 0 Å². The predicted octanol–water partition coefficient (Wildman–Crippen LogP) is 2.52. The molecule has 0 spiro atoms. The summed E-state index contributed by atoms with van der Waals surface area (Å²) < 4.78 is 37.7. The van der Waals surface area contributed by atoms with Gasteiger partial charge in [0.25, 0.3) is 0 Å². The smallest absolute Gasteiger partial charge is 0.357 e. The second-order valence-electron chi connectivity index (χ2n) is 6.76. The molecule has 1 aromatic rings. The van der Waals surface area contributed by atoms with Gasteiger partial charge in [-0.15, -0.1) is 11.3 Å². The first kappa shape index (κ1) is 22.2. The number of nitrogens with one attached hydrogen (secondary N) is 2. The van der Waals surface area contributed by atoms with E-state index in [2.05, 4.69) is 20.6 Å². The number of nitrogens with zero attached hydrogens (tertiary/aromatic N) is 3. The largest absolute Gasteiger partial charge is 0.434 e. The molecule has 0 saturated carbocycles. The zero-order valence-corrected chi connectivity index (χ0v) is 16.5. The maximum absolute atomic E-state index is 12.6. The van der Waals surface area contributed by atoms with Gasteiger partial charge in [0, 0.05) is 37.5 Å². The predicted molar refractivity (Wildman–Crippen MR) is 97.3 cm³/mol. The van der Waals surface area contributed by atoms with Crippen LogP contribution < -0.4 is 10.6 Å². The number of hydrogen-bond donors (Lipinski definition) is 2. The molecule has 0 atom stereocenters. The third kappa shape index (κ3) is 8.03. The van der Waals surface area contributed by atoms with Gasteiger partial charge >= 0.3 is 6.18 Å². The van der Waals surface area contributed by atoms with E-state index in [-0.39, 0.29) is 24.5 Å². The molecule has 6 nitrogen and oxygen atoms in total. The number of carbonyl (C=O) groups excluding carboxylic acids is 1. The van der Waals surface area contributed by atoms with Crippen LogP contribution in [-0.2, 0) is 17.4 Å². The zero-order valence-electron chi connectivity index (χ0n) is 15.7. The van der Waals surface area contributed by atoms with E-state index in [1.54, 1.807) is 11.9 Å². The maximum atomic E-state index is 12.6. The van der Waals surface area contributed by atoms with Gasteiger partial charge in [0.15, 0.2) is 11.7 Å². The van der Waals surface area contributed by atoms with Crippen molar-refractivity contribution in [1.29, 1.82) is 0 Å². The van der Waals surface area contributed by atoms with Gasteiger partial charge < -0.3 is 15.5 Å². The van der Waals surface area contributed by atoms with E-state index in [4.69, 9.17) is 0 Å². The molecule has 0 saturated heterocycles. The molecule has 0 fully saturated rings. The van der Waals surface area contributed by atoms with Crippen molar-refractivity contribution in [3.63, 3.8) is 0 Å². The van der Waals surface area contributed by atoms with Gasteiger partial charge in [-0.1, -0.05) is 0 Å². The lowest BCUT2D eigenvalue weighted by molar-refractivity contribution is -0.140. The van der Waals surface area contributed by atoms with Gasteiger partial charge in [-0.25, -0.2) is 4.98 Å². The summed E-state index contributed by atoms with van der Waals surface area (Å²) >= 11 is 0.968. The van der Waals surface area contributed by atoms with Crippen LogP contribution in [-0.4, -0.2) is 54.0 Å². The number of amides is 1. The molecule has 1 aromatic heterocycles. The summed E-state index contributed by atoms with van der Waals surface area (Å²) in [5, 5.41) is 7.32. The van der Waals surface area contributed by atoms with Crippen LogP contribution in [0.5, 0.6) is 0 Å². The minimum absolute atomic E-state index is 0.124. The minimum Gasteiger partial charge on any atom is -0.357 e. The summed E-state index contributed by atoms with van der Waals surface area (Å²) in [7, 11) is 1.73.